The second-order valence-corrected chi connectivity index (χ2v) is 6.37. The lowest BCUT2D eigenvalue weighted by atomic mass is 9.98. The molecule has 27 heavy (non-hydrogen) atoms. The van der Waals surface area contributed by atoms with Gasteiger partial charge >= 0.3 is 0 Å². The number of ether oxygens (including phenoxy) is 1. The van der Waals surface area contributed by atoms with Crippen molar-refractivity contribution in [2.24, 2.45) is 0 Å². The Morgan fingerprint density at radius 1 is 1.11 bits per heavy atom. The average Bonchev–Trinajstić information content (AvgIpc) is 2.71. The summed E-state index contributed by atoms with van der Waals surface area (Å²) in [5, 5.41) is 13.7. The van der Waals surface area contributed by atoms with Gasteiger partial charge in [0.1, 0.15) is 11.5 Å². The lowest BCUT2D eigenvalue weighted by Crippen LogP contribution is -2.03. The Balaban J connectivity index is 2.41. The van der Waals surface area contributed by atoms with Gasteiger partial charge in [0.15, 0.2) is 5.78 Å². The Morgan fingerprint density at radius 2 is 1.78 bits per heavy atom. The maximum atomic E-state index is 12.5. The fourth-order valence-electron chi connectivity index (χ4n) is 2.92. The van der Waals surface area contributed by atoms with Gasteiger partial charge in [-0.15, -0.1) is 0 Å². The van der Waals surface area contributed by atoms with Gasteiger partial charge in [0.2, 0.25) is 0 Å². The maximum Gasteiger partial charge on any atom is 0.185 e. The van der Waals surface area contributed by atoms with Gasteiger partial charge in [-0.1, -0.05) is 20.8 Å². The number of allylic oxidation sites excluding steroid dienone is 1. The molecule has 0 aromatic heterocycles. The fourth-order valence-corrected chi connectivity index (χ4v) is 2.92. The van der Waals surface area contributed by atoms with Crippen LogP contribution in [0.25, 0.3) is 6.08 Å². The average molecular weight is 367 g/mol. The maximum absolute atomic E-state index is 12.5. The third-order valence-corrected chi connectivity index (χ3v) is 4.52. The summed E-state index contributed by atoms with van der Waals surface area (Å²) in [6, 6.07) is 9.29. The molecule has 2 rings (SSSR count). The Bertz CT molecular complexity index is 807. The van der Waals surface area contributed by atoms with Crippen LogP contribution in [-0.4, -0.2) is 24.5 Å². The molecule has 2 aromatic rings. The standard InChI is InChI=1S/C23H29NO3/c1-5-14-27-23-17(7-3)15-16(6-2)22(26)20(23)12-13-21(25)18-8-10-19(24-4)11-9-18/h8-13,15,24,26H,5-7,14H2,1-4H3. The SMILES string of the molecule is CCCOc1c(CC)cc(CC)c(O)c1C=CC(=O)c1ccc(NC)cc1. The number of rotatable bonds is 9. The van der Waals surface area contributed by atoms with Crippen molar-refractivity contribution in [1.29, 1.82) is 0 Å². The molecule has 0 aliphatic heterocycles. The van der Waals surface area contributed by atoms with Gasteiger partial charge in [-0.3, -0.25) is 4.79 Å². The number of carbonyl (C=O) groups is 1. The minimum Gasteiger partial charge on any atom is -0.507 e. The molecule has 0 atom stereocenters. The van der Waals surface area contributed by atoms with Crippen molar-refractivity contribution in [2.75, 3.05) is 19.0 Å². The van der Waals surface area contributed by atoms with Crippen LogP contribution < -0.4 is 10.1 Å². The molecule has 0 saturated carbocycles. The highest BCUT2D eigenvalue weighted by molar-refractivity contribution is 6.07. The summed E-state index contributed by atoms with van der Waals surface area (Å²) in [6.07, 6.45) is 5.56. The summed E-state index contributed by atoms with van der Waals surface area (Å²) in [4.78, 5) is 12.5. The molecule has 0 spiro atoms. The second-order valence-electron chi connectivity index (χ2n) is 6.37. The summed E-state index contributed by atoms with van der Waals surface area (Å²) in [7, 11) is 1.84. The van der Waals surface area contributed by atoms with E-state index in [1.165, 1.54) is 6.08 Å². The van der Waals surface area contributed by atoms with Crippen molar-refractivity contribution < 1.29 is 14.6 Å². The molecule has 2 aromatic carbocycles. The Labute approximate surface area is 161 Å². The summed E-state index contributed by atoms with van der Waals surface area (Å²) in [5.74, 6) is 0.748. The number of phenolic OH excluding ortho intramolecular Hbond substituents is 1. The van der Waals surface area contributed by atoms with E-state index in [2.05, 4.69) is 12.2 Å². The number of carbonyl (C=O) groups excluding carboxylic acids is 1. The van der Waals surface area contributed by atoms with Gasteiger partial charge < -0.3 is 15.2 Å². The first kappa shape index (κ1) is 20.6. The highest BCUT2D eigenvalue weighted by Crippen LogP contribution is 2.37. The van der Waals surface area contributed by atoms with Gasteiger partial charge in [-0.25, -0.2) is 0 Å². The van der Waals surface area contributed by atoms with Crippen LogP contribution in [0.1, 0.15) is 54.2 Å². The van der Waals surface area contributed by atoms with Crippen LogP contribution in [0.15, 0.2) is 36.4 Å². The van der Waals surface area contributed by atoms with Crippen molar-refractivity contribution in [1.82, 2.24) is 0 Å². The van der Waals surface area contributed by atoms with E-state index in [0.717, 1.165) is 29.7 Å². The predicted molar refractivity (Wildman–Crippen MR) is 112 cm³/mol. The number of hydrogen-bond acceptors (Lipinski definition) is 4. The number of nitrogens with one attached hydrogen (secondary N) is 1. The Morgan fingerprint density at radius 3 is 2.33 bits per heavy atom. The van der Waals surface area contributed by atoms with Gasteiger partial charge in [0.25, 0.3) is 0 Å². The normalized spacial score (nSPS) is 11.0. The number of ketones is 1. The van der Waals surface area contributed by atoms with Crippen molar-refractivity contribution in [3.63, 3.8) is 0 Å². The highest BCUT2D eigenvalue weighted by atomic mass is 16.5. The summed E-state index contributed by atoms with van der Waals surface area (Å²) in [5.41, 5.74) is 4.04. The molecule has 4 heteroatoms. The third kappa shape index (κ3) is 4.91. The Kier molecular flexibility index (Phi) is 7.47. The van der Waals surface area contributed by atoms with Crippen LogP contribution in [0.2, 0.25) is 0 Å². The molecule has 144 valence electrons. The summed E-state index contributed by atoms with van der Waals surface area (Å²) < 4.78 is 5.93. The molecular formula is C23H29NO3. The summed E-state index contributed by atoms with van der Waals surface area (Å²) in [6.45, 7) is 6.67. The van der Waals surface area contributed by atoms with Gasteiger partial charge in [0, 0.05) is 18.3 Å². The van der Waals surface area contributed by atoms with Crippen LogP contribution in [0, 0.1) is 0 Å². The summed E-state index contributed by atoms with van der Waals surface area (Å²) >= 11 is 0. The minimum absolute atomic E-state index is 0.113. The zero-order valence-electron chi connectivity index (χ0n) is 16.6. The molecule has 0 aliphatic carbocycles. The number of phenols is 1. The fraction of sp³-hybridized carbons (Fsp3) is 0.348. The molecule has 0 amide bonds. The predicted octanol–water partition coefficient (Wildman–Crippen LogP) is 5.24. The first-order chi connectivity index (χ1) is 13.0. The molecule has 0 heterocycles. The lowest BCUT2D eigenvalue weighted by Gasteiger charge is -2.17. The third-order valence-electron chi connectivity index (χ3n) is 4.52. The molecule has 0 bridgehead atoms. The molecule has 0 fully saturated rings. The smallest absolute Gasteiger partial charge is 0.185 e. The number of benzene rings is 2. The van der Waals surface area contributed by atoms with Crippen molar-refractivity contribution in [3.8, 4) is 11.5 Å². The number of aromatic hydroxyl groups is 1. The van der Waals surface area contributed by atoms with E-state index in [0.29, 0.717) is 29.9 Å². The lowest BCUT2D eigenvalue weighted by molar-refractivity contribution is 0.104. The van der Waals surface area contributed by atoms with E-state index in [1.807, 2.05) is 39.1 Å². The second kappa shape index (κ2) is 9.81. The molecule has 0 radical (unpaired) electrons. The van der Waals surface area contributed by atoms with Gasteiger partial charge in [0.05, 0.1) is 12.2 Å². The molecule has 4 nitrogen and oxygen atoms in total. The van der Waals surface area contributed by atoms with E-state index >= 15 is 0 Å². The van der Waals surface area contributed by atoms with Crippen LogP contribution in [0.5, 0.6) is 11.5 Å². The zero-order chi connectivity index (χ0) is 19.8. The van der Waals surface area contributed by atoms with Gasteiger partial charge in [-0.05, 0) is 72.9 Å². The number of aryl methyl sites for hydroxylation is 2. The van der Waals surface area contributed by atoms with Gasteiger partial charge in [-0.2, -0.15) is 0 Å². The van der Waals surface area contributed by atoms with Crippen molar-refractivity contribution in [3.05, 3.63) is 58.7 Å². The zero-order valence-corrected chi connectivity index (χ0v) is 16.6. The topological polar surface area (TPSA) is 58.6 Å². The van der Waals surface area contributed by atoms with Crippen LogP contribution >= 0.6 is 0 Å². The molecule has 2 N–H and O–H groups in total. The van der Waals surface area contributed by atoms with Crippen LogP contribution in [0.3, 0.4) is 0 Å². The van der Waals surface area contributed by atoms with Crippen LogP contribution in [-0.2, 0) is 12.8 Å². The molecule has 0 saturated heterocycles. The quantitative estimate of drug-likeness (QED) is 0.470. The van der Waals surface area contributed by atoms with Crippen LogP contribution in [0.4, 0.5) is 5.69 Å². The van der Waals surface area contributed by atoms with Crippen molar-refractivity contribution in [2.45, 2.75) is 40.0 Å². The van der Waals surface area contributed by atoms with E-state index < -0.39 is 0 Å². The first-order valence-electron chi connectivity index (χ1n) is 9.56. The number of anilines is 1. The minimum atomic E-state index is -0.113. The van der Waals surface area contributed by atoms with E-state index in [4.69, 9.17) is 4.74 Å². The monoisotopic (exact) mass is 367 g/mol. The molecule has 0 aliphatic rings. The number of hydrogen-bond donors (Lipinski definition) is 2. The van der Waals surface area contributed by atoms with E-state index in [9.17, 15) is 9.90 Å². The van der Waals surface area contributed by atoms with E-state index in [-0.39, 0.29) is 11.5 Å². The largest absolute Gasteiger partial charge is 0.507 e. The van der Waals surface area contributed by atoms with Crippen molar-refractivity contribution >= 4 is 17.5 Å². The Hall–Kier alpha value is -2.75. The van der Waals surface area contributed by atoms with E-state index in [1.54, 1.807) is 18.2 Å². The molecular weight excluding hydrogens is 338 g/mol. The molecule has 0 unspecified atom stereocenters. The first-order valence-corrected chi connectivity index (χ1v) is 9.56. The highest BCUT2D eigenvalue weighted by Gasteiger charge is 2.16.